The summed E-state index contributed by atoms with van der Waals surface area (Å²) in [7, 11) is 0. The smallest absolute Gasteiger partial charge is 0.120 e. The van der Waals surface area contributed by atoms with Crippen molar-refractivity contribution in [2.24, 2.45) is 9.98 Å². The Morgan fingerprint density at radius 2 is 1.36 bits per heavy atom. The Morgan fingerprint density at radius 1 is 1.00 bits per heavy atom. The molecule has 0 amide bonds. The van der Waals surface area contributed by atoms with Gasteiger partial charge in [-0.15, -0.1) is 0 Å². The lowest BCUT2D eigenvalue weighted by Gasteiger charge is -1.89. The van der Waals surface area contributed by atoms with Gasteiger partial charge in [-0.2, -0.15) is 0 Å². The van der Waals surface area contributed by atoms with Crippen LogP contribution in [0.15, 0.2) is 9.98 Å². The van der Waals surface area contributed by atoms with Gasteiger partial charge < -0.3 is 0 Å². The van der Waals surface area contributed by atoms with E-state index < -0.39 is 0 Å². The van der Waals surface area contributed by atoms with Crippen molar-refractivity contribution in [2.45, 2.75) is 13.8 Å². The van der Waals surface area contributed by atoms with E-state index in [0.717, 1.165) is 21.1 Å². The van der Waals surface area contributed by atoms with E-state index in [-0.39, 0.29) is 0 Å². The van der Waals surface area contributed by atoms with Gasteiger partial charge in [0.25, 0.3) is 0 Å². The van der Waals surface area contributed by atoms with Crippen LogP contribution in [0.5, 0.6) is 0 Å². The van der Waals surface area contributed by atoms with E-state index in [2.05, 4.69) is 23.4 Å². The van der Waals surface area contributed by atoms with E-state index in [1.165, 1.54) is 11.3 Å². The first-order chi connectivity index (χ1) is 5.20. The van der Waals surface area contributed by atoms with Crippen molar-refractivity contribution in [1.82, 2.24) is 0 Å². The topological polar surface area (TPSA) is 24.7 Å². The van der Waals surface area contributed by atoms with Crippen molar-refractivity contribution in [1.29, 1.82) is 0 Å². The Kier molecular flexibility index (Phi) is 2.19. The zero-order chi connectivity index (χ0) is 8.43. The Morgan fingerprint density at radius 3 is 1.55 bits per heavy atom. The summed E-state index contributed by atoms with van der Waals surface area (Å²) in [6, 6.07) is 0. The molecule has 0 aliphatic heterocycles. The van der Waals surface area contributed by atoms with Gasteiger partial charge in [-0.3, -0.25) is 9.98 Å². The molecule has 1 aromatic heterocycles. The van der Waals surface area contributed by atoms with Gasteiger partial charge in [-0.25, -0.2) is 0 Å². The number of thiophene rings is 1. The van der Waals surface area contributed by atoms with Crippen LogP contribution < -0.4 is 0 Å². The molecule has 0 spiro atoms. The monoisotopic (exact) mass is 166 g/mol. The highest BCUT2D eigenvalue weighted by molar-refractivity contribution is 7.19. The lowest BCUT2D eigenvalue weighted by molar-refractivity contribution is 1.37. The fourth-order valence-corrected chi connectivity index (χ4v) is 1.79. The predicted molar refractivity (Wildman–Crippen MR) is 52.2 cm³/mol. The molecule has 58 valence electrons. The lowest BCUT2D eigenvalue weighted by Crippen LogP contribution is -1.69. The van der Waals surface area contributed by atoms with E-state index >= 15 is 0 Å². The van der Waals surface area contributed by atoms with Crippen molar-refractivity contribution < 1.29 is 0 Å². The zero-order valence-corrected chi connectivity index (χ0v) is 7.53. The van der Waals surface area contributed by atoms with Crippen LogP contribution in [0.3, 0.4) is 0 Å². The molecule has 0 saturated carbocycles. The molecule has 2 nitrogen and oxygen atoms in total. The van der Waals surface area contributed by atoms with Gasteiger partial charge >= 0.3 is 0 Å². The van der Waals surface area contributed by atoms with Gasteiger partial charge in [-0.1, -0.05) is 11.3 Å². The Labute approximate surface area is 70.3 Å². The van der Waals surface area contributed by atoms with Gasteiger partial charge in [0.1, 0.15) is 10.0 Å². The van der Waals surface area contributed by atoms with E-state index in [1.807, 2.05) is 13.8 Å². The molecule has 0 saturated heterocycles. The number of rotatable bonds is 2. The van der Waals surface area contributed by atoms with Crippen LogP contribution in [0, 0.1) is 13.8 Å². The van der Waals surface area contributed by atoms with Crippen molar-refractivity contribution in [3.05, 3.63) is 11.1 Å². The van der Waals surface area contributed by atoms with Crippen molar-refractivity contribution >= 4 is 34.8 Å². The van der Waals surface area contributed by atoms with Crippen LogP contribution in [0.2, 0.25) is 0 Å². The van der Waals surface area contributed by atoms with E-state index in [9.17, 15) is 0 Å². The molecule has 0 bridgehead atoms. The summed E-state index contributed by atoms with van der Waals surface area (Å²) in [5, 5.41) is 1.90. The molecule has 11 heavy (non-hydrogen) atoms. The minimum atomic E-state index is 0.949. The van der Waals surface area contributed by atoms with E-state index in [1.54, 1.807) is 0 Å². The molecule has 0 aromatic carbocycles. The van der Waals surface area contributed by atoms with Gasteiger partial charge in [0, 0.05) is 0 Å². The first kappa shape index (κ1) is 8.14. The van der Waals surface area contributed by atoms with Crippen LogP contribution in [0.25, 0.3) is 0 Å². The summed E-state index contributed by atoms with van der Waals surface area (Å²) in [5.41, 5.74) is 2.32. The largest absolute Gasteiger partial charge is 0.253 e. The Balaban J connectivity index is 3.33. The third-order valence-electron chi connectivity index (χ3n) is 1.68. The molecule has 0 N–H and O–H groups in total. The Hall–Kier alpha value is -0.960. The number of aliphatic imine (C=N–C) groups is 2. The molecule has 0 unspecified atom stereocenters. The molecule has 0 fully saturated rings. The maximum Gasteiger partial charge on any atom is 0.120 e. The quantitative estimate of drug-likeness (QED) is 0.603. The minimum absolute atomic E-state index is 0.949. The van der Waals surface area contributed by atoms with Crippen molar-refractivity contribution in [3.63, 3.8) is 0 Å². The second kappa shape index (κ2) is 2.96. The molecule has 0 aliphatic rings. The second-order valence-electron chi connectivity index (χ2n) is 2.28. The molecule has 1 aromatic rings. The highest BCUT2D eigenvalue weighted by atomic mass is 32.1. The molecule has 0 radical (unpaired) electrons. The summed E-state index contributed by atoms with van der Waals surface area (Å²) < 4.78 is 0. The summed E-state index contributed by atoms with van der Waals surface area (Å²) in [4.78, 5) is 7.76. The van der Waals surface area contributed by atoms with Crippen LogP contribution in [0.1, 0.15) is 11.1 Å². The number of hydrogen-bond donors (Lipinski definition) is 0. The third kappa shape index (κ3) is 1.24. The number of hydrogen-bond acceptors (Lipinski definition) is 3. The summed E-state index contributed by atoms with van der Waals surface area (Å²) in [6.45, 7) is 11.0. The van der Waals surface area contributed by atoms with Crippen molar-refractivity contribution in [3.8, 4) is 0 Å². The molecule has 1 heterocycles. The molecular formula is C8H10N2S. The van der Waals surface area contributed by atoms with Gasteiger partial charge in [0.2, 0.25) is 0 Å². The highest BCUT2D eigenvalue weighted by Crippen LogP contribution is 2.39. The highest BCUT2D eigenvalue weighted by Gasteiger charge is 2.07. The molecule has 3 heteroatoms. The van der Waals surface area contributed by atoms with E-state index in [0.29, 0.717) is 0 Å². The van der Waals surface area contributed by atoms with Gasteiger partial charge in [0.05, 0.1) is 0 Å². The predicted octanol–water partition coefficient (Wildman–Crippen LogP) is 3.03. The molecule has 0 atom stereocenters. The molecular weight excluding hydrogens is 156 g/mol. The van der Waals surface area contributed by atoms with Crippen LogP contribution >= 0.6 is 11.3 Å². The lowest BCUT2D eigenvalue weighted by atomic mass is 10.2. The average molecular weight is 166 g/mol. The minimum Gasteiger partial charge on any atom is -0.253 e. The first-order valence-electron chi connectivity index (χ1n) is 3.24. The average Bonchev–Trinajstić information content (AvgIpc) is 2.30. The normalized spacial score (nSPS) is 9.64. The fraction of sp³-hybridized carbons (Fsp3) is 0.250. The molecule has 0 aliphatic carbocycles. The summed E-state index contributed by atoms with van der Waals surface area (Å²) in [6.07, 6.45) is 0. The van der Waals surface area contributed by atoms with Gasteiger partial charge in [0.15, 0.2) is 0 Å². The van der Waals surface area contributed by atoms with Crippen molar-refractivity contribution in [2.75, 3.05) is 0 Å². The fourth-order valence-electron chi connectivity index (χ4n) is 0.867. The van der Waals surface area contributed by atoms with E-state index in [4.69, 9.17) is 0 Å². The molecule has 1 rings (SSSR count). The van der Waals surface area contributed by atoms with Crippen LogP contribution in [-0.2, 0) is 0 Å². The SMILES string of the molecule is C=Nc1sc(N=C)c(C)c1C. The maximum absolute atomic E-state index is 3.88. The summed E-state index contributed by atoms with van der Waals surface area (Å²) >= 11 is 1.53. The first-order valence-corrected chi connectivity index (χ1v) is 4.05. The standard InChI is InChI=1S/C8H10N2S/c1-5-6(2)8(10-4)11-7(5)9-3/h3-4H2,1-2H3. The summed E-state index contributed by atoms with van der Waals surface area (Å²) in [5.74, 6) is 0. The van der Waals surface area contributed by atoms with Gasteiger partial charge in [-0.05, 0) is 38.4 Å². The van der Waals surface area contributed by atoms with Crippen LogP contribution in [0.4, 0.5) is 10.0 Å². The third-order valence-corrected chi connectivity index (χ3v) is 2.94. The Bertz CT molecular complexity index is 271. The maximum atomic E-state index is 3.88. The van der Waals surface area contributed by atoms with Crippen LogP contribution in [-0.4, -0.2) is 13.4 Å². The zero-order valence-electron chi connectivity index (χ0n) is 6.72. The second-order valence-corrected chi connectivity index (χ2v) is 3.26. The number of nitrogens with zero attached hydrogens (tertiary/aromatic N) is 2.